The fourth-order valence-electron chi connectivity index (χ4n) is 0.773. The molecule has 1 aromatic carbocycles. The van der Waals surface area contributed by atoms with Crippen molar-refractivity contribution in [1.29, 1.82) is 5.26 Å². The van der Waals surface area contributed by atoms with Gasteiger partial charge in [-0.25, -0.2) is 0 Å². The van der Waals surface area contributed by atoms with Gasteiger partial charge in [0.05, 0.1) is 11.4 Å². The third-order valence-corrected chi connectivity index (χ3v) is 1.85. The highest BCUT2D eigenvalue weighted by Gasteiger charge is 1.98. The zero-order chi connectivity index (χ0) is 10.8. The molecule has 1 atom stereocenters. The second-order valence-corrected chi connectivity index (χ2v) is 2.85. The number of benzene rings is 1. The highest BCUT2D eigenvalue weighted by molar-refractivity contribution is 6.21. The van der Waals surface area contributed by atoms with Crippen LogP contribution in [0.15, 0.2) is 55.6 Å². The van der Waals surface area contributed by atoms with Crippen LogP contribution in [0, 0.1) is 11.3 Å². The van der Waals surface area contributed by atoms with E-state index in [1.165, 1.54) is 6.08 Å². The number of halogens is 1. The summed E-state index contributed by atoms with van der Waals surface area (Å²) in [6.07, 6.45) is 2.90. The summed E-state index contributed by atoms with van der Waals surface area (Å²) < 4.78 is 0. The molecule has 0 aliphatic heterocycles. The normalized spacial score (nSPS) is 10.0. The first kappa shape index (κ1) is 12.5. The Morgan fingerprint density at radius 1 is 1.29 bits per heavy atom. The van der Waals surface area contributed by atoms with Crippen molar-refractivity contribution in [2.24, 2.45) is 0 Å². The van der Waals surface area contributed by atoms with Crippen molar-refractivity contribution >= 4 is 11.6 Å². The van der Waals surface area contributed by atoms with Gasteiger partial charge in [-0.2, -0.15) is 5.26 Å². The van der Waals surface area contributed by atoms with E-state index in [1.54, 1.807) is 12.1 Å². The Morgan fingerprint density at radius 2 is 1.79 bits per heavy atom. The molecule has 0 saturated heterocycles. The first-order valence-corrected chi connectivity index (χ1v) is 4.52. The lowest BCUT2D eigenvalue weighted by atomic mass is 10.1. The van der Waals surface area contributed by atoms with E-state index < -0.39 is 0 Å². The molecule has 1 rings (SSSR count). The summed E-state index contributed by atoms with van der Waals surface area (Å²) in [5.74, 6) is 0. The van der Waals surface area contributed by atoms with E-state index in [-0.39, 0.29) is 5.38 Å². The van der Waals surface area contributed by atoms with Crippen LogP contribution in [0.3, 0.4) is 0 Å². The predicted octanol–water partition coefficient (Wildman–Crippen LogP) is 3.85. The Morgan fingerprint density at radius 3 is 2.14 bits per heavy atom. The van der Waals surface area contributed by atoms with E-state index in [9.17, 15) is 0 Å². The third-order valence-electron chi connectivity index (χ3n) is 1.42. The van der Waals surface area contributed by atoms with E-state index >= 15 is 0 Å². The molecular weight excluding hydrogens is 194 g/mol. The Kier molecular flexibility index (Phi) is 7.22. The summed E-state index contributed by atoms with van der Waals surface area (Å²) >= 11 is 5.87. The molecule has 1 aromatic rings. The molecule has 0 saturated carbocycles. The molecule has 0 fully saturated rings. The summed E-state index contributed by atoms with van der Waals surface area (Å²) in [5.41, 5.74) is 1.10. The fraction of sp³-hybridized carbons (Fsp3) is 0.0833. The summed E-state index contributed by atoms with van der Waals surface area (Å²) in [5, 5.41) is 7.45. The van der Waals surface area contributed by atoms with E-state index in [1.807, 2.05) is 30.3 Å². The lowest BCUT2D eigenvalue weighted by Gasteiger charge is -2.01. The average molecular weight is 206 g/mol. The number of allylic oxidation sites excluding steroid dienone is 2. The Labute approximate surface area is 89.9 Å². The van der Waals surface area contributed by atoms with Gasteiger partial charge in [-0.3, -0.25) is 0 Å². The molecule has 0 aromatic heterocycles. The molecule has 0 N–H and O–H groups in total. The number of nitriles is 1. The van der Waals surface area contributed by atoms with Crippen molar-refractivity contribution in [2.75, 3.05) is 0 Å². The zero-order valence-electron chi connectivity index (χ0n) is 7.86. The lowest BCUT2D eigenvalue weighted by Crippen LogP contribution is -1.82. The van der Waals surface area contributed by atoms with Gasteiger partial charge in [0.2, 0.25) is 0 Å². The van der Waals surface area contributed by atoms with Crippen LogP contribution in [-0.2, 0) is 0 Å². The van der Waals surface area contributed by atoms with Crippen LogP contribution in [-0.4, -0.2) is 0 Å². The van der Waals surface area contributed by atoms with Crippen molar-refractivity contribution in [2.45, 2.75) is 5.38 Å². The van der Waals surface area contributed by atoms with Crippen LogP contribution in [0.4, 0.5) is 0 Å². The minimum atomic E-state index is -0.0544. The zero-order valence-corrected chi connectivity index (χ0v) is 8.61. The van der Waals surface area contributed by atoms with Crippen LogP contribution in [0.2, 0.25) is 0 Å². The van der Waals surface area contributed by atoms with Crippen LogP contribution >= 0.6 is 11.6 Å². The molecule has 0 bridgehead atoms. The van der Waals surface area contributed by atoms with Gasteiger partial charge in [0.25, 0.3) is 0 Å². The summed E-state index contributed by atoms with van der Waals surface area (Å²) in [6.45, 7) is 6.72. The van der Waals surface area contributed by atoms with E-state index in [0.717, 1.165) is 5.56 Å². The monoisotopic (exact) mass is 205 g/mol. The number of hydrogen-bond donors (Lipinski definition) is 0. The van der Waals surface area contributed by atoms with Crippen molar-refractivity contribution in [3.63, 3.8) is 0 Å². The highest BCUT2D eigenvalue weighted by atomic mass is 35.5. The Bertz CT molecular complexity index is 311. The van der Waals surface area contributed by atoms with Gasteiger partial charge >= 0.3 is 0 Å². The average Bonchev–Trinajstić information content (AvgIpc) is 2.29. The number of rotatable bonds is 2. The van der Waals surface area contributed by atoms with Gasteiger partial charge in [-0.1, -0.05) is 43.0 Å². The van der Waals surface area contributed by atoms with Crippen molar-refractivity contribution in [3.8, 4) is 6.07 Å². The fourth-order valence-corrected chi connectivity index (χ4v) is 0.918. The van der Waals surface area contributed by atoms with Gasteiger partial charge in [0.15, 0.2) is 0 Å². The van der Waals surface area contributed by atoms with Crippen LogP contribution < -0.4 is 0 Å². The van der Waals surface area contributed by atoms with Crippen molar-refractivity contribution < 1.29 is 0 Å². The molecule has 2 heteroatoms. The molecule has 0 radical (unpaired) electrons. The van der Waals surface area contributed by atoms with Crippen molar-refractivity contribution in [3.05, 3.63) is 61.2 Å². The van der Waals surface area contributed by atoms with Gasteiger partial charge in [-0.05, 0) is 5.56 Å². The van der Waals surface area contributed by atoms with Crippen molar-refractivity contribution in [1.82, 2.24) is 0 Å². The van der Waals surface area contributed by atoms with E-state index in [4.69, 9.17) is 16.9 Å². The molecule has 72 valence electrons. The number of nitrogens with zero attached hydrogens (tertiary/aromatic N) is 1. The second kappa shape index (κ2) is 8.10. The van der Waals surface area contributed by atoms with Gasteiger partial charge in [-0.15, -0.1) is 18.2 Å². The van der Waals surface area contributed by atoms with Crippen LogP contribution in [0.1, 0.15) is 10.9 Å². The number of hydrogen-bond acceptors (Lipinski definition) is 1. The smallest absolute Gasteiger partial charge is 0.0905 e. The summed E-state index contributed by atoms with van der Waals surface area (Å²) in [6, 6.07) is 11.6. The molecule has 0 spiro atoms. The minimum absolute atomic E-state index is 0.0544. The Hall–Kier alpha value is -1.52. The maximum Gasteiger partial charge on any atom is 0.0905 e. The van der Waals surface area contributed by atoms with Gasteiger partial charge in [0, 0.05) is 6.08 Å². The SMILES string of the molecule is C=CC#N.C=CC(Cl)c1ccccc1. The molecule has 1 unspecified atom stereocenters. The van der Waals surface area contributed by atoms with Crippen LogP contribution in [0.25, 0.3) is 0 Å². The molecule has 14 heavy (non-hydrogen) atoms. The second-order valence-electron chi connectivity index (χ2n) is 2.38. The third kappa shape index (κ3) is 5.18. The molecule has 0 amide bonds. The van der Waals surface area contributed by atoms with E-state index in [2.05, 4.69) is 13.2 Å². The largest absolute Gasteiger partial charge is 0.193 e. The lowest BCUT2D eigenvalue weighted by molar-refractivity contribution is 1.22. The standard InChI is InChI=1S/C9H9Cl.C3H3N/c1-2-9(10)8-6-4-3-5-7-8;1-2-3-4/h2-7,9H,1H2;2H,1H2. The first-order valence-electron chi connectivity index (χ1n) is 4.08. The Balaban J connectivity index is 0.000000364. The molecule has 0 heterocycles. The van der Waals surface area contributed by atoms with Gasteiger partial charge in [0.1, 0.15) is 0 Å². The predicted molar refractivity (Wildman–Crippen MR) is 61.0 cm³/mol. The minimum Gasteiger partial charge on any atom is -0.193 e. The highest BCUT2D eigenvalue weighted by Crippen LogP contribution is 2.19. The molecule has 0 aliphatic rings. The topological polar surface area (TPSA) is 23.8 Å². The molecular formula is C12H12ClN. The summed E-state index contributed by atoms with van der Waals surface area (Å²) in [4.78, 5) is 0. The number of alkyl halides is 1. The maximum absolute atomic E-state index is 7.51. The summed E-state index contributed by atoms with van der Waals surface area (Å²) in [7, 11) is 0. The van der Waals surface area contributed by atoms with E-state index in [0.29, 0.717) is 0 Å². The molecule has 0 aliphatic carbocycles. The van der Waals surface area contributed by atoms with Gasteiger partial charge < -0.3 is 0 Å². The quantitative estimate of drug-likeness (QED) is 0.409. The maximum atomic E-state index is 7.51. The molecule has 1 nitrogen and oxygen atoms in total. The first-order chi connectivity index (χ1) is 6.76. The van der Waals surface area contributed by atoms with Crippen LogP contribution in [0.5, 0.6) is 0 Å².